The van der Waals surface area contributed by atoms with E-state index in [4.69, 9.17) is 4.42 Å². The molecule has 1 fully saturated rings. The molecule has 20 heavy (non-hydrogen) atoms. The Bertz CT molecular complexity index is 601. The van der Waals surface area contributed by atoms with Crippen molar-refractivity contribution in [3.05, 3.63) is 35.6 Å². The van der Waals surface area contributed by atoms with Crippen molar-refractivity contribution in [3.8, 4) is 0 Å². The van der Waals surface area contributed by atoms with Crippen molar-refractivity contribution >= 4 is 11.0 Å². The molecule has 0 aliphatic heterocycles. The maximum Gasteiger partial charge on any atom is 0.138 e. The summed E-state index contributed by atoms with van der Waals surface area (Å²) in [6.07, 6.45) is 2.64. The first-order valence-corrected chi connectivity index (χ1v) is 7.77. The fourth-order valence-electron chi connectivity index (χ4n) is 2.98. The third-order valence-electron chi connectivity index (χ3n) is 4.20. The van der Waals surface area contributed by atoms with Crippen LogP contribution in [0.2, 0.25) is 0 Å². The van der Waals surface area contributed by atoms with Gasteiger partial charge in [0.15, 0.2) is 0 Å². The minimum atomic E-state index is 0.113. The Hall–Kier alpha value is -1.28. The van der Waals surface area contributed by atoms with Crippen LogP contribution in [0.15, 0.2) is 28.7 Å². The van der Waals surface area contributed by atoms with Crippen LogP contribution in [0, 0.1) is 5.92 Å². The lowest BCUT2D eigenvalue weighted by molar-refractivity contribution is 0.400. The van der Waals surface area contributed by atoms with Crippen LogP contribution in [-0.2, 0) is 5.41 Å². The van der Waals surface area contributed by atoms with E-state index in [1.54, 1.807) is 0 Å². The van der Waals surface area contributed by atoms with Crippen LogP contribution in [-0.4, -0.2) is 6.54 Å². The van der Waals surface area contributed by atoms with Gasteiger partial charge in [0.1, 0.15) is 11.3 Å². The van der Waals surface area contributed by atoms with Crippen molar-refractivity contribution < 1.29 is 4.42 Å². The maximum absolute atomic E-state index is 6.28. The molecule has 0 amide bonds. The molecular formula is C18H25NO. The molecule has 2 nitrogen and oxygen atoms in total. The van der Waals surface area contributed by atoms with Gasteiger partial charge in [-0.3, -0.25) is 0 Å². The molecule has 1 saturated carbocycles. The van der Waals surface area contributed by atoms with Gasteiger partial charge in [0.25, 0.3) is 0 Å². The molecule has 3 rings (SSSR count). The molecule has 1 unspecified atom stereocenters. The summed E-state index contributed by atoms with van der Waals surface area (Å²) >= 11 is 0. The van der Waals surface area contributed by atoms with Gasteiger partial charge in [0.2, 0.25) is 0 Å². The molecule has 1 heterocycles. The number of fused-ring (bicyclic) bond motifs is 1. The van der Waals surface area contributed by atoms with E-state index in [0.717, 1.165) is 23.8 Å². The zero-order valence-electron chi connectivity index (χ0n) is 13.0. The molecule has 0 saturated heterocycles. The first-order chi connectivity index (χ1) is 9.50. The molecule has 1 aliphatic carbocycles. The predicted molar refractivity (Wildman–Crippen MR) is 84.1 cm³/mol. The minimum absolute atomic E-state index is 0.113. The summed E-state index contributed by atoms with van der Waals surface area (Å²) in [6, 6.07) is 9.11. The van der Waals surface area contributed by atoms with E-state index in [2.05, 4.69) is 57.3 Å². The Balaban J connectivity index is 2.05. The number of nitrogens with one attached hydrogen (secondary N) is 1. The smallest absolute Gasteiger partial charge is 0.138 e. The summed E-state index contributed by atoms with van der Waals surface area (Å²) in [7, 11) is 0. The second-order valence-corrected chi connectivity index (χ2v) is 7.00. The normalized spacial score (nSPS) is 17.6. The summed E-state index contributed by atoms with van der Waals surface area (Å²) in [6.45, 7) is 9.88. The third-order valence-corrected chi connectivity index (χ3v) is 4.20. The zero-order valence-corrected chi connectivity index (χ0v) is 13.0. The molecule has 0 spiro atoms. The number of hydrogen-bond acceptors (Lipinski definition) is 2. The van der Waals surface area contributed by atoms with Gasteiger partial charge in [-0.2, -0.15) is 0 Å². The summed E-state index contributed by atoms with van der Waals surface area (Å²) in [5.41, 5.74) is 2.48. The van der Waals surface area contributed by atoms with Crippen molar-refractivity contribution in [1.29, 1.82) is 0 Å². The Morgan fingerprint density at radius 2 is 2.05 bits per heavy atom. The molecule has 2 aromatic rings. The lowest BCUT2D eigenvalue weighted by Gasteiger charge is -2.19. The molecule has 1 aromatic carbocycles. The Kier molecular flexibility index (Phi) is 3.37. The van der Waals surface area contributed by atoms with Gasteiger partial charge in [-0.05, 0) is 36.8 Å². The number of rotatable bonds is 4. The molecule has 0 bridgehead atoms. The van der Waals surface area contributed by atoms with Gasteiger partial charge in [0.05, 0.1) is 6.04 Å². The zero-order chi connectivity index (χ0) is 14.3. The average Bonchev–Trinajstić information content (AvgIpc) is 3.12. The lowest BCUT2D eigenvalue weighted by Crippen LogP contribution is -2.22. The maximum atomic E-state index is 6.28. The Morgan fingerprint density at radius 3 is 2.65 bits per heavy atom. The van der Waals surface area contributed by atoms with Crippen LogP contribution < -0.4 is 5.32 Å². The molecule has 108 valence electrons. The average molecular weight is 271 g/mol. The largest absolute Gasteiger partial charge is 0.459 e. The van der Waals surface area contributed by atoms with E-state index < -0.39 is 0 Å². The Morgan fingerprint density at radius 1 is 1.30 bits per heavy atom. The van der Waals surface area contributed by atoms with E-state index in [1.807, 2.05) is 0 Å². The van der Waals surface area contributed by atoms with Gasteiger partial charge in [-0.15, -0.1) is 0 Å². The summed E-state index contributed by atoms with van der Waals surface area (Å²) in [5, 5.41) is 4.82. The van der Waals surface area contributed by atoms with Gasteiger partial charge in [-0.1, -0.05) is 45.9 Å². The molecule has 1 aromatic heterocycles. The van der Waals surface area contributed by atoms with E-state index in [-0.39, 0.29) is 5.41 Å². The van der Waals surface area contributed by atoms with E-state index in [1.165, 1.54) is 23.8 Å². The van der Waals surface area contributed by atoms with Crippen LogP contribution in [0.5, 0.6) is 0 Å². The van der Waals surface area contributed by atoms with Crippen LogP contribution in [0.3, 0.4) is 0 Å². The second-order valence-electron chi connectivity index (χ2n) is 7.00. The van der Waals surface area contributed by atoms with Crippen molar-refractivity contribution in [2.75, 3.05) is 6.54 Å². The van der Waals surface area contributed by atoms with Crippen LogP contribution in [0.25, 0.3) is 11.0 Å². The van der Waals surface area contributed by atoms with Gasteiger partial charge >= 0.3 is 0 Å². The monoisotopic (exact) mass is 271 g/mol. The molecule has 1 aliphatic rings. The van der Waals surface area contributed by atoms with E-state index in [9.17, 15) is 0 Å². The van der Waals surface area contributed by atoms with Crippen molar-refractivity contribution in [2.24, 2.45) is 5.92 Å². The highest BCUT2D eigenvalue weighted by molar-refractivity contribution is 5.82. The fourth-order valence-corrected chi connectivity index (χ4v) is 2.98. The highest BCUT2D eigenvalue weighted by Gasteiger charge is 2.34. The fraction of sp³-hybridized carbons (Fsp3) is 0.556. The molecular weight excluding hydrogens is 246 g/mol. The van der Waals surface area contributed by atoms with E-state index >= 15 is 0 Å². The topological polar surface area (TPSA) is 25.2 Å². The minimum Gasteiger partial charge on any atom is -0.459 e. The van der Waals surface area contributed by atoms with Crippen LogP contribution in [0.4, 0.5) is 0 Å². The highest BCUT2D eigenvalue weighted by atomic mass is 16.3. The van der Waals surface area contributed by atoms with Gasteiger partial charge in [-0.25, -0.2) is 0 Å². The summed E-state index contributed by atoms with van der Waals surface area (Å²) in [4.78, 5) is 0. The SMILES string of the molecule is CCNC(c1cc2cccc(C(C)(C)C)c2o1)C1CC1. The van der Waals surface area contributed by atoms with Crippen molar-refractivity contribution in [1.82, 2.24) is 5.32 Å². The summed E-state index contributed by atoms with van der Waals surface area (Å²) < 4.78 is 6.28. The third kappa shape index (κ3) is 2.49. The number of hydrogen-bond donors (Lipinski definition) is 1. The Labute approximate surface area is 121 Å². The van der Waals surface area contributed by atoms with E-state index in [0.29, 0.717) is 6.04 Å². The standard InChI is InChI=1S/C18H25NO/c1-5-19-16(12-9-10-12)15-11-13-7-6-8-14(17(13)20-15)18(2,3)4/h6-8,11-12,16,19H,5,9-10H2,1-4H3. The second kappa shape index (κ2) is 4.92. The van der Waals surface area contributed by atoms with Crippen LogP contribution in [0.1, 0.15) is 57.9 Å². The van der Waals surface area contributed by atoms with Crippen molar-refractivity contribution in [2.45, 2.75) is 52.0 Å². The van der Waals surface area contributed by atoms with Gasteiger partial charge in [0, 0.05) is 10.9 Å². The molecule has 0 radical (unpaired) electrons. The number of furan rings is 1. The first kappa shape index (κ1) is 13.7. The highest BCUT2D eigenvalue weighted by Crippen LogP contribution is 2.43. The summed E-state index contributed by atoms with van der Waals surface area (Å²) in [5.74, 6) is 1.87. The van der Waals surface area contributed by atoms with Crippen LogP contribution >= 0.6 is 0 Å². The lowest BCUT2D eigenvalue weighted by atomic mass is 9.86. The molecule has 1 N–H and O–H groups in total. The molecule has 1 atom stereocenters. The molecule has 2 heteroatoms. The van der Waals surface area contributed by atoms with Gasteiger partial charge < -0.3 is 9.73 Å². The predicted octanol–water partition coefficient (Wildman–Crippen LogP) is 4.79. The quantitative estimate of drug-likeness (QED) is 0.864. The number of benzene rings is 1. The first-order valence-electron chi connectivity index (χ1n) is 7.77. The van der Waals surface area contributed by atoms with Crippen molar-refractivity contribution in [3.63, 3.8) is 0 Å². The number of para-hydroxylation sites is 1.